The van der Waals surface area contributed by atoms with Crippen LogP contribution in [0.3, 0.4) is 0 Å². The summed E-state index contributed by atoms with van der Waals surface area (Å²) >= 11 is 1.90. The van der Waals surface area contributed by atoms with Gasteiger partial charge in [-0.15, -0.1) is 0 Å². The zero-order valence-electron chi connectivity index (χ0n) is 20.0. The molecule has 6 N–H and O–H groups in total. The highest BCUT2D eigenvalue weighted by Crippen LogP contribution is 2.33. The second kappa shape index (κ2) is 16.5. The number of carbonyl (C=O) groups is 4. The normalized spacial score (nSPS) is 20.8. The molecule has 5 amide bonds. The van der Waals surface area contributed by atoms with E-state index in [9.17, 15) is 19.2 Å². The van der Waals surface area contributed by atoms with Gasteiger partial charge in [0.05, 0.1) is 12.1 Å². The highest BCUT2D eigenvalue weighted by Gasteiger charge is 2.42. The van der Waals surface area contributed by atoms with E-state index in [1.54, 1.807) is 0 Å². The highest BCUT2D eigenvalue weighted by molar-refractivity contribution is 8.00. The Morgan fingerprint density at radius 3 is 1.97 bits per heavy atom. The number of carbonyl (C=O) groups excluding carboxylic acids is 3. The summed E-state index contributed by atoms with van der Waals surface area (Å²) in [6.07, 6.45) is 9.15. The lowest BCUT2D eigenvalue weighted by atomic mass is 10.0. The topological polar surface area (TPSA) is 149 Å². The molecule has 2 aliphatic rings. The predicted molar refractivity (Wildman–Crippen MR) is 133 cm³/mol. The first-order valence-electron chi connectivity index (χ1n) is 12.6. The number of carboxylic acid groups (broad SMARTS) is 1. The van der Waals surface area contributed by atoms with Gasteiger partial charge in [-0.2, -0.15) is 11.8 Å². The summed E-state index contributed by atoms with van der Waals surface area (Å²) in [5.74, 6) is 1.12. The Morgan fingerprint density at radius 2 is 1.35 bits per heavy atom. The summed E-state index contributed by atoms with van der Waals surface area (Å²) < 4.78 is 0. The van der Waals surface area contributed by atoms with Crippen LogP contribution in [0.25, 0.3) is 0 Å². The van der Waals surface area contributed by atoms with Gasteiger partial charge in [0.2, 0.25) is 11.8 Å². The first kappa shape index (κ1) is 28.1. The quantitative estimate of drug-likeness (QED) is 0.126. The summed E-state index contributed by atoms with van der Waals surface area (Å²) in [7, 11) is 0. The smallest absolute Gasteiger partial charge is 0.404 e. The maximum absolute atomic E-state index is 12.0. The van der Waals surface area contributed by atoms with Gasteiger partial charge in [0, 0.05) is 43.5 Å². The molecule has 194 valence electrons. The molecule has 2 aliphatic heterocycles. The zero-order valence-corrected chi connectivity index (χ0v) is 20.9. The lowest BCUT2D eigenvalue weighted by molar-refractivity contribution is -0.122. The van der Waals surface area contributed by atoms with Crippen molar-refractivity contribution in [1.29, 1.82) is 0 Å². The number of fused-ring (bicyclic) bond motifs is 1. The molecule has 2 saturated heterocycles. The van der Waals surface area contributed by atoms with Crippen LogP contribution in [-0.2, 0) is 9.59 Å². The Labute approximate surface area is 206 Å². The molecule has 2 heterocycles. The molecule has 3 unspecified atom stereocenters. The molecule has 3 atom stereocenters. The van der Waals surface area contributed by atoms with Crippen molar-refractivity contribution < 1.29 is 24.3 Å². The van der Waals surface area contributed by atoms with Gasteiger partial charge < -0.3 is 31.7 Å². The van der Waals surface area contributed by atoms with Crippen LogP contribution < -0.4 is 26.6 Å². The molecule has 0 spiro atoms. The zero-order chi connectivity index (χ0) is 24.6. The summed E-state index contributed by atoms with van der Waals surface area (Å²) in [6, 6.07) is 0.424. The third-order valence-electron chi connectivity index (χ3n) is 6.19. The molecular formula is C23H41N5O5S. The number of unbranched alkanes of at least 4 members (excludes halogenated alkanes) is 6. The van der Waals surface area contributed by atoms with E-state index in [2.05, 4.69) is 26.6 Å². The Bertz CT molecular complexity index is 666. The van der Waals surface area contributed by atoms with Crippen molar-refractivity contribution in [2.24, 2.45) is 0 Å². The van der Waals surface area contributed by atoms with Crippen LogP contribution >= 0.6 is 11.8 Å². The van der Waals surface area contributed by atoms with Crippen molar-refractivity contribution in [1.82, 2.24) is 26.6 Å². The van der Waals surface area contributed by atoms with Gasteiger partial charge in [0.15, 0.2) is 0 Å². The second-order valence-corrected chi connectivity index (χ2v) is 10.3. The molecule has 10 nitrogen and oxygen atoms in total. The molecule has 2 rings (SSSR count). The Hall–Kier alpha value is -2.17. The molecule has 0 aromatic carbocycles. The van der Waals surface area contributed by atoms with Crippen LogP contribution in [0.2, 0.25) is 0 Å². The molecule has 34 heavy (non-hydrogen) atoms. The van der Waals surface area contributed by atoms with Gasteiger partial charge in [-0.1, -0.05) is 25.7 Å². The Kier molecular flexibility index (Phi) is 13.6. The van der Waals surface area contributed by atoms with E-state index in [-0.39, 0.29) is 29.9 Å². The van der Waals surface area contributed by atoms with E-state index in [1.165, 1.54) is 0 Å². The van der Waals surface area contributed by atoms with Crippen LogP contribution in [0, 0.1) is 0 Å². The minimum atomic E-state index is -0.988. The SMILES string of the molecule is O=C(O)NCCCCCCNC(=O)CCCCCNC(=O)CCCCC1SCC2NC(=O)NC21. The molecule has 0 aromatic heterocycles. The molecular weight excluding hydrogens is 458 g/mol. The standard InChI is InChI=1S/C23H41N5O5S/c29-19(24-13-7-1-2-8-15-26-23(32)33)11-4-3-9-14-25-20(30)12-6-5-10-18-21-17(16-34-18)27-22(31)28-21/h17-18,21,26H,1-16H2,(H,24,29)(H,25,30)(H,32,33)(H2,27,28,31). The monoisotopic (exact) mass is 499 g/mol. The average Bonchev–Trinajstić information content (AvgIpc) is 3.34. The summed E-state index contributed by atoms with van der Waals surface area (Å²) in [5.41, 5.74) is 0. The second-order valence-electron chi connectivity index (χ2n) is 9.02. The van der Waals surface area contributed by atoms with Gasteiger partial charge in [0.1, 0.15) is 0 Å². The van der Waals surface area contributed by atoms with E-state index < -0.39 is 6.09 Å². The fourth-order valence-electron chi connectivity index (χ4n) is 4.29. The Morgan fingerprint density at radius 1 is 0.794 bits per heavy atom. The van der Waals surface area contributed by atoms with Crippen molar-refractivity contribution in [3.8, 4) is 0 Å². The Balaban J connectivity index is 1.32. The largest absolute Gasteiger partial charge is 0.465 e. The van der Waals surface area contributed by atoms with Crippen molar-refractivity contribution in [3.05, 3.63) is 0 Å². The number of thioether (sulfide) groups is 1. The number of urea groups is 1. The van der Waals surface area contributed by atoms with Crippen LogP contribution in [0.1, 0.15) is 77.0 Å². The lowest BCUT2D eigenvalue weighted by Crippen LogP contribution is -2.36. The number of nitrogens with one attached hydrogen (secondary N) is 5. The van der Waals surface area contributed by atoms with Crippen LogP contribution in [0.4, 0.5) is 9.59 Å². The minimum absolute atomic E-state index is 0.0586. The van der Waals surface area contributed by atoms with E-state index in [4.69, 9.17) is 5.11 Å². The maximum Gasteiger partial charge on any atom is 0.404 e. The van der Waals surface area contributed by atoms with E-state index in [0.29, 0.717) is 37.7 Å². The predicted octanol–water partition coefficient (Wildman–Crippen LogP) is 2.33. The van der Waals surface area contributed by atoms with E-state index in [1.807, 2.05) is 11.8 Å². The average molecular weight is 500 g/mol. The first-order valence-corrected chi connectivity index (χ1v) is 13.7. The lowest BCUT2D eigenvalue weighted by Gasteiger charge is -2.16. The third kappa shape index (κ3) is 11.8. The highest BCUT2D eigenvalue weighted by atomic mass is 32.2. The molecule has 2 fully saturated rings. The number of rotatable bonds is 18. The van der Waals surface area contributed by atoms with Gasteiger partial charge in [-0.3, -0.25) is 9.59 Å². The molecule has 0 bridgehead atoms. The van der Waals surface area contributed by atoms with Gasteiger partial charge in [0.25, 0.3) is 0 Å². The molecule has 0 aliphatic carbocycles. The molecule has 0 saturated carbocycles. The number of hydrogen-bond donors (Lipinski definition) is 6. The van der Waals surface area contributed by atoms with Crippen molar-refractivity contribution >= 4 is 35.7 Å². The van der Waals surface area contributed by atoms with E-state index in [0.717, 1.165) is 70.0 Å². The van der Waals surface area contributed by atoms with E-state index >= 15 is 0 Å². The summed E-state index contributed by atoms with van der Waals surface area (Å²) in [5, 5.41) is 23.1. The number of amides is 5. The van der Waals surface area contributed by atoms with Crippen molar-refractivity contribution in [3.63, 3.8) is 0 Å². The third-order valence-corrected chi connectivity index (χ3v) is 7.69. The van der Waals surface area contributed by atoms with Gasteiger partial charge in [-0.25, -0.2) is 9.59 Å². The van der Waals surface area contributed by atoms with Crippen LogP contribution in [-0.4, -0.2) is 71.8 Å². The first-order chi connectivity index (χ1) is 16.5. The molecule has 0 radical (unpaired) electrons. The number of hydrogen-bond acceptors (Lipinski definition) is 5. The summed E-state index contributed by atoms with van der Waals surface area (Å²) in [4.78, 5) is 45.5. The van der Waals surface area contributed by atoms with Crippen LogP contribution in [0.15, 0.2) is 0 Å². The minimum Gasteiger partial charge on any atom is -0.465 e. The molecule has 11 heteroatoms. The van der Waals surface area contributed by atoms with Gasteiger partial charge in [-0.05, 0) is 38.5 Å². The van der Waals surface area contributed by atoms with Crippen LogP contribution in [0.5, 0.6) is 0 Å². The maximum atomic E-state index is 12.0. The van der Waals surface area contributed by atoms with Crippen molar-refractivity contribution in [2.75, 3.05) is 25.4 Å². The fourth-order valence-corrected chi connectivity index (χ4v) is 5.84. The van der Waals surface area contributed by atoms with Crippen molar-refractivity contribution in [2.45, 2.75) is 94.4 Å². The fraction of sp³-hybridized carbons (Fsp3) is 0.826. The van der Waals surface area contributed by atoms with Gasteiger partial charge >= 0.3 is 12.1 Å². The summed E-state index contributed by atoms with van der Waals surface area (Å²) in [6.45, 7) is 1.78. The molecule has 0 aromatic rings.